The van der Waals surface area contributed by atoms with E-state index in [0.29, 0.717) is 0 Å². The van der Waals surface area contributed by atoms with Gasteiger partial charge in [0.1, 0.15) is 0 Å². The average Bonchev–Trinajstić information content (AvgIpc) is 3.18. The molecule has 65 heavy (non-hydrogen) atoms. The fourth-order valence-corrected chi connectivity index (χ4v) is 9.17. The third kappa shape index (κ3) is 11.3. The highest BCUT2D eigenvalue weighted by atomic mass is 14.3. The van der Waals surface area contributed by atoms with Crippen LogP contribution in [0.2, 0.25) is 0 Å². The first-order valence-electron chi connectivity index (χ1n) is 24.5. The van der Waals surface area contributed by atoms with Crippen LogP contribution in [0.25, 0.3) is 44.5 Å². The van der Waals surface area contributed by atoms with Crippen molar-refractivity contribution in [2.45, 2.75) is 190 Å². The van der Waals surface area contributed by atoms with E-state index in [0.717, 1.165) is 6.42 Å². The molecule has 0 spiro atoms. The van der Waals surface area contributed by atoms with E-state index in [1.165, 1.54) is 94.6 Å². The fourth-order valence-electron chi connectivity index (χ4n) is 9.17. The Morgan fingerprint density at radius 1 is 0.262 bits per heavy atom. The average molecular weight is 865 g/mol. The SMILES string of the molecule is CC(C)(C)c1cc(-c2cc(Cc3c(-c4ccccc4C(C)(C)C)cc(C(C)(C)C)cc3-c3ccccc3C(C)(C)C)cc(-c3cc(C(C)(C)C)cc(C(C)(C)C)c3)c2)cc(C(C)(C)C)c1. The van der Waals surface area contributed by atoms with Crippen molar-refractivity contribution >= 4 is 0 Å². The van der Waals surface area contributed by atoms with E-state index in [9.17, 15) is 0 Å². The summed E-state index contributed by atoms with van der Waals surface area (Å²) in [7, 11) is 0. The summed E-state index contributed by atoms with van der Waals surface area (Å²) in [6, 6.07) is 45.8. The Morgan fingerprint density at radius 2 is 0.538 bits per heavy atom. The fraction of sp³-hybridized carbons (Fsp3) is 0.446. The quantitative estimate of drug-likeness (QED) is 0.156. The Bertz CT molecular complexity index is 2440. The molecule has 6 rings (SSSR count). The topological polar surface area (TPSA) is 0 Å². The van der Waals surface area contributed by atoms with Gasteiger partial charge in [-0.05, 0) is 145 Å². The van der Waals surface area contributed by atoms with Crippen molar-refractivity contribution in [3.05, 3.63) is 165 Å². The van der Waals surface area contributed by atoms with E-state index in [4.69, 9.17) is 0 Å². The number of hydrogen-bond acceptors (Lipinski definition) is 0. The van der Waals surface area contributed by atoms with Crippen molar-refractivity contribution in [1.29, 1.82) is 0 Å². The van der Waals surface area contributed by atoms with Crippen LogP contribution in [0, 0.1) is 0 Å². The molecule has 0 amide bonds. The van der Waals surface area contributed by atoms with Gasteiger partial charge < -0.3 is 0 Å². The van der Waals surface area contributed by atoms with Gasteiger partial charge >= 0.3 is 0 Å². The van der Waals surface area contributed by atoms with Gasteiger partial charge in [-0.3, -0.25) is 0 Å². The first kappa shape index (κ1) is 49.7. The van der Waals surface area contributed by atoms with E-state index in [2.05, 4.69) is 261 Å². The molecule has 6 aromatic rings. The lowest BCUT2D eigenvalue weighted by Crippen LogP contribution is -2.17. The lowest BCUT2D eigenvalue weighted by atomic mass is 9.74. The summed E-state index contributed by atoms with van der Waals surface area (Å²) in [4.78, 5) is 0. The molecule has 0 saturated heterocycles. The van der Waals surface area contributed by atoms with Crippen LogP contribution in [0.4, 0.5) is 0 Å². The minimum absolute atomic E-state index is 0.00139. The zero-order chi connectivity index (χ0) is 48.5. The summed E-state index contributed by atoms with van der Waals surface area (Å²) >= 11 is 0. The number of rotatable bonds is 6. The van der Waals surface area contributed by atoms with Gasteiger partial charge in [0, 0.05) is 0 Å². The van der Waals surface area contributed by atoms with Crippen LogP contribution in [0.15, 0.2) is 115 Å². The molecule has 0 heteroatoms. The van der Waals surface area contributed by atoms with Gasteiger partial charge in [-0.25, -0.2) is 0 Å². The lowest BCUT2D eigenvalue weighted by Gasteiger charge is -2.30. The van der Waals surface area contributed by atoms with Gasteiger partial charge in [0.2, 0.25) is 0 Å². The first-order valence-corrected chi connectivity index (χ1v) is 24.5. The Labute approximate surface area is 397 Å². The number of benzene rings is 6. The van der Waals surface area contributed by atoms with Gasteiger partial charge in [0.25, 0.3) is 0 Å². The molecule has 0 aliphatic carbocycles. The molecule has 0 aliphatic heterocycles. The van der Waals surface area contributed by atoms with E-state index in [-0.39, 0.29) is 37.9 Å². The molecule has 0 radical (unpaired) electrons. The normalized spacial score (nSPS) is 13.4. The molecule has 0 saturated carbocycles. The predicted octanol–water partition coefficient (Wildman–Crippen LogP) is 19.0. The van der Waals surface area contributed by atoms with Gasteiger partial charge in [0.05, 0.1) is 0 Å². The highest BCUT2D eigenvalue weighted by Crippen LogP contribution is 2.46. The Morgan fingerprint density at radius 3 is 0.831 bits per heavy atom. The summed E-state index contributed by atoms with van der Waals surface area (Å²) < 4.78 is 0. The molecule has 0 heterocycles. The third-order valence-corrected chi connectivity index (χ3v) is 13.5. The Kier molecular flexibility index (Phi) is 13.2. The zero-order valence-electron chi connectivity index (χ0n) is 44.7. The maximum atomic E-state index is 2.54. The van der Waals surface area contributed by atoms with Crippen LogP contribution in [0.5, 0.6) is 0 Å². The van der Waals surface area contributed by atoms with E-state index in [1.807, 2.05) is 0 Å². The molecule has 0 atom stereocenters. The molecule has 344 valence electrons. The van der Waals surface area contributed by atoms with E-state index >= 15 is 0 Å². The van der Waals surface area contributed by atoms with Crippen LogP contribution in [0.3, 0.4) is 0 Å². The number of hydrogen-bond donors (Lipinski definition) is 0. The van der Waals surface area contributed by atoms with Gasteiger partial charge in [-0.2, -0.15) is 0 Å². The summed E-state index contributed by atoms with van der Waals surface area (Å²) in [5.74, 6) is 0. The molecule has 0 N–H and O–H groups in total. The smallest absolute Gasteiger partial charge is 0.00130 e. The summed E-state index contributed by atoms with van der Waals surface area (Å²) in [5.41, 5.74) is 22.6. The molecule has 0 unspecified atom stereocenters. The molecule has 0 aliphatic rings. The van der Waals surface area contributed by atoms with Crippen molar-refractivity contribution in [2.75, 3.05) is 0 Å². The maximum absolute atomic E-state index is 2.54. The minimum atomic E-state index is -0.0614. The van der Waals surface area contributed by atoms with Gasteiger partial charge in [-0.15, -0.1) is 0 Å². The van der Waals surface area contributed by atoms with Crippen LogP contribution >= 0.6 is 0 Å². The largest absolute Gasteiger partial charge is 0.0619 e. The standard InChI is InChI=1S/C65H84/c1-59(2,3)47-34-45(35-48(38-47)60(4,5)6)43-30-42(31-44(33-43)46-36-49(61(7,8)9)39-50(37-46)62(10,11)12)32-54-55(52-26-22-24-28-57(52)64(16,17)18)40-51(63(13,14)15)41-56(54)53-27-23-25-29-58(53)65(19,20)21/h22-31,33-41H,32H2,1-21H3. The van der Waals surface area contributed by atoms with Crippen LogP contribution in [0.1, 0.15) is 195 Å². The van der Waals surface area contributed by atoms with Crippen molar-refractivity contribution < 1.29 is 0 Å². The molecule has 0 nitrogen and oxygen atoms in total. The highest BCUT2D eigenvalue weighted by molar-refractivity contribution is 5.85. The summed E-state index contributed by atoms with van der Waals surface area (Å²) in [6.07, 6.45) is 0.781. The maximum Gasteiger partial charge on any atom is -0.00130 e. The molecule has 0 bridgehead atoms. The second-order valence-electron chi connectivity index (χ2n) is 26.6. The molecular weight excluding hydrogens is 781 g/mol. The molecular formula is C65H84. The van der Waals surface area contributed by atoms with Crippen LogP contribution in [-0.2, 0) is 44.3 Å². The second kappa shape index (κ2) is 17.2. The first-order chi connectivity index (χ1) is 29.6. The summed E-state index contributed by atoms with van der Waals surface area (Å²) in [5, 5.41) is 0. The van der Waals surface area contributed by atoms with Crippen LogP contribution < -0.4 is 0 Å². The van der Waals surface area contributed by atoms with Crippen molar-refractivity contribution in [3.63, 3.8) is 0 Å². The Hall–Kier alpha value is -4.68. The zero-order valence-corrected chi connectivity index (χ0v) is 44.7. The second-order valence-corrected chi connectivity index (χ2v) is 26.6. The monoisotopic (exact) mass is 865 g/mol. The van der Waals surface area contributed by atoms with Gasteiger partial charge in [-0.1, -0.05) is 255 Å². The summed E-state index contributed by atoms with van der Waals surface area (Å²) in [6.45, 7) is 49.5. The van der Waals surface area contributed by atoms with Crippen molar-refractivity contribution in [3.8, 4) is 44.5 Å². The molecule has 0 fully saturated rings. The van der Waals surface area contributed by atoms with Crippen molar-refractivity contribution in [1.82, 2.24) is 0 Å². The Balaban J connectivity index is 1.79. The lowest BCUT2D eigenvalue weighted by molar-refractivity contribution is 0.568. The van der Waals surface area contributed by atoms with Crippen LogP contribution in [-0.4, -0.2) is 0 Å². The van der Waals surface area contributed by atoms with E-state index < -0.39 is 0 Å². The van der Waals surface area contributed by atoms with E-state index in [1.54, 1.807) is 0 Å². The van der Waals surface area contributed by atoms with Gasteiger partial charge in [0.15, 0.2) is 0 Å². The third-order valence-electron chi connectivity index (χ3n) is 13.5. The highest BCUT2D eigenvalue weighted by Gasteiger charge is 2.29. The predicted molar refractivity (Wildman–Crippen MR) is 288 cm³/mol. The van der Waals surface area contributed by atoms with Crippen molar-refractivity contribution in [2.24, 2.45) is 0 Å². The molecule has 6 aromatic carbocycles. The molecule has 0 aromatic heterocycles. The minimum Gasteiger partial charge on any atom is -0.0619 e.